The first-order valence-electron chi connectivity index (χ1n) is 6.94. The van der Waals surface area contributed by atoms with Crippen LogP contribution in [0.4, 0.5) is 0 Å². The van der Waals surface area contributed by atoms with Gasteiger partial charge in [0.15, 0.2) is 0 Å². The van der Waals surface area contributed by atoms with Crippen LogP contribution < -0.4 is 10.5 Å². The molecule has 2 rings (SSSR count). The van der Waals surface area contributed by atoms with Crippen molar-refractivity contribution in [3.63, 3.8) is 0 Å². The number of rotatable bonds is 4. The van der Waals surface area contributed by atoms with Crippen LogP contribution in [0.2, 0.25) is 0 Å². The van der Waals surface area contributed by atoms with E-state index in [1.165, 1.54) is 6.42 Å². The van der Waals surface area contributed by atoms with Gasteiger partial charge in [-0.2, -0.15) is 0 Å². The Morgan fingerprint density at radius 2 is 1.90 bits per heavy atom. The van der Waals surface area contributed by atoms with Crippen molar-refractivity contribution >= 4 is 12.4 Å². The fraction of sp³-hybridized carbons (Fsp3) is 0.600. The summed E-state index contributed by atoms with van der Waals surface area (Å²) in [6.45, 7) is 0. The third kappa shape index (κ3) is 3.78. The lowest BCUT2D eigenvalue weighted by Gasteiger charge is -2.30. The average Bonchev–Trinajstić information content (AvgIpc) is 2.47. The number of halogens is 1. The van der Waals surface area contributed by atoms with Gasteiger partial charge in [0.2, 0.25) is 0 Å². The van der Waals surface area contributed by atoms with Gasteiger partial charge in [0.05, 0.1) is 19.3 Å². The molecular formula is C15H24ClNO3. The number of hydrogen-bond acceptors (Lipinski definition) is 4. The lowest BCUT2D eigenvalue weighted by molar-refractivity contribution is 0.0610. The zero-order valence-corrected chi connectivity index (χ0v) is 12.6. The van der Waals surface area contributed by atoms with E-state index in [1.54, 1.807) is 25.3 Å². The van der Waals surface area contributed by atoms with Crippen LogP contribution in [0.1, 0.15) is 43.7 Å². The van der Waals surface area contributed by atoms with E-state index in [0.29, 0.717) is 11.3 Å². The van der Waals surface area contributed by atoms with Gasteiger partial charge in [-0.15, -0.1) is 12.4 Å². The Balaban J connectivity index is 0.00000200. The number of nitrogens with two attached hydrogens (primary N) is 1. The second-order valence-corrected chi connectivity index (χ2v) is 5.34. The Bertz CT molecular complexity index is 422. The Morgan fingerprint density at radius 3 is 2.50 bits per heavy atom. The first-order valence-corrected chi connectivity index (χ1v) is 6.94. The van der Waals surface area contributed by atoms with Gasteiger partial charge in [-0.1, -0.05) is 19.3 Å². The molecule has 1 saturated carbocycles. The molecule has 0 aromatic heterocycles. The Morgan fingerprint density at radius 1 is 1.25 bits per heavy atom. The molecule has 0 amide bonds. The molecular weight excluding hydrogens is 278 g/mol. The summed E-state index contributed by atoms with van der Waals surface area (Å²) >= 11 is 0. The maximum atomic E-state index is 10.4. The molecule has 0 bridgehead atoms. The molecule has 20 heavy (non-hydrogen) atoms. The molecule has 1 aromatic carbocycles. The summed E-state index contributed by atoms with van der Waals surface area (Å²) in [7, 11) is 1.57. The largest absolute Gasteiger partial charge is 0.508 e. The molecule has 0 heterocycles. The van der Waals surface area contributed by atoms with Crippen molar-refractivity contribution in [3.8, 4) is 11.5 Å². The van der Waals surface area contributed by atoms with Crippen LogP contribution in [-0.2, 0) is 0 Å². The standard InChI is InChI=1S/C15H23NO3.ClH/c1-19-11-7-8-13(17)12(9-11)14(16)15(18)10-5-3-2-4-6-10;/h7-10,14-15,17-18H,2-6,16H2,1H3;1H/t14-,15+;/m1./s1. The first kappa shape index (κ1) is 17.1. The molecule has 4 N–H and O–H groups in total. The van der Waals surface area contributed by atoms with Gasteiger partial charge < -0.3 is 20.7 Å². The summed E-state index contributed by atoms with van der Waals surface area (Å²) in [5.41, 5.74) is 6.68. The Kier molecular flexibility index (Phi) is 6.59. The van der Waals surface area contributed by atoms with Crippen LogP contribution in [0, 0.1) is 5.92 Å². The highest BCUT2D eigenvalue weighted by Gasteiger charge is 2.29. The van der Waals surface area contributed by atoms with Gasteiger partial charge in [-0.3, -0.25) is 0 Å². The van der Waals surface area contributed by atoms with Crippen LogP contribution >= 0.6 is 12.4 Å². The van der Waals surface area contributed by atoms with Crippen molar-refractivity contribution < 1.29 is 14.9 Å². The van der Waals surface area contributed by atoms with Gasteiger partial charge in [0.25, 0.3) is 0 Å². The summed E-state index contributed by atoms with van der Waals surface area (Å²) in [6.07, 6.45) is 4.96. The molecule has 4 nitrogen and oxygen atoms in total. The smallest absolute Gasteiger partial charge is 0.120 e. The van der Waals surface area contributed by atoms with Crippen LogP contribution in [0.25, 0.3) is 0 Å². The van der Waals surface area contributed by atoms with Gasteiger partial charge in [-0.05, 0) is 37.0 Å². The molecule has 1 aliphatic rings. The van der Waals surface area contributed by atoms with Crippen molar-refractivity contribution in [2.24, 2.45) is 11.7 Å². The normalized spacial score (nSPS) is 18.9. The highest BCUT2D eigenvalue weighted by atomic mass is 35.5. The Hall–Kier alpha value is -0.970. The molecule has 2 atom stereocenters. The van der Waals surface area contributed by atoms with E-state index in [9.17, 15) is 10.2 Å². The minimum atomic E-state index is -0.613. The highest BCUT2D eigenvalue weighted by Crippen LogP contribution is 2.35. The number of methoxy groups -OCH3 is 1. The molecule has 0 aliphatic heterocycles. The van der Waals surface area contributed by atoms with Crippen LogP contribution in [0.5, 0.6) is 11.5 Å². The third-order valence-corrected chi connectivity index (χ3v) is 4.09. The average molecular weight is 302 g/mol. The highest BCUT2D eigenvalue weighted by molar-refractivity contribution is 5.85. The monoisotopic (exact) mass is 301 g/mol. The zero-order valence-electron chi connectivity index (χ0n) is 11.8. The summed E-state index contributed by atoms with van der Waals surface area (Å²) in [4.78, 5) is 0. The lowest BCUT2D eigenvalue weighted by Crippen LogP contribution is -2.34. The predicted octanol–water partition coefficient (Wildman–Crippen LogP) is 2.76. The molecule has 114 valence electrons. The maximum Gasteiger partial charge on any atom is 0.120 e. The van der Waals surface area contributed by atoms with Crippen LogP contribution in [0.3, 0.4) is 0 Å². The number of benzene rings is 1. The number of phenolic OH excluding ortho intramolecular Hbond substituents is 1. The molecule has 0 radical (unpaired) electrons. The van der Waals surface area contributed by atoms with E-state index in [-0.39, 0.29) is 24.1 Å². The van der Waals surface area contributed by atoms with Crippen molar-refractivity contribution in [1.29, 1.82) is 0 Å². The minimum Gasteiger partial charge on any atom is -0.508 e. The van der Waals surface area contributed by atoms with E-state index in [4.69, 9.17) is 10.5 Å². The number of phenols is 1. The molecule has 0 saturated heterocycles. The van der Waals surface area contributed by atoms with E-state index in [1.807, 2.05) is 0 Å². The number of aromatic hydroxyl groups is 1. The summed E-state index contributed by atoms with van der Waals surface area (Å²) in [5, 5.41) is 20.3. The molecule has 0 spiro atoms. The maximum absolute atomic E-state index is 10.4. The fourth-order valence-corrected chi connectivity index (χ4v) is 2.88. The quantitative estimate of drug-likeness (QED) is 0.799. The summed E-state index contributed by atoms with van der Waals surface area (Å²) < 4.78 is 5.14. The molecule has 5 heteroatoms. The summed E-state index contributed by atoms with van der Waals surface area (Å²) in [6, 6.07) is 4.37. The minimum absolute atomic E-state index is 0. The lowest BCUT2D eigenvalue weighted by atomic mass is 9.81. The van der Waals surface area contributed by atoms with Crippen molar-refractivity contribution in [2.75, 3.05) is 7.11 Å². The van der Waals surface area contributed by atoms with Crippen molar-refractivity contribution in [1.82, 2.24) is 0 Å². The van der Waals surface area contributed by atoms with Crippen molar-refractivity contribution in [3.05, 3.63) is 23.8 Å². The van der Waals surface area contributed by atoms with Gasteiger partial charge in [0, 0.05) is 5.56 Å². The zero-order chi connectivity index (χ0) is 13.8. The fourth-order valence-electron chi connectivity index (χ4n) is 2.88. The van der Waals surface area contributed by atoms with E-state index in [2.05, 4.69) is 0 Å². The third-order valence-electron chi connectivity index (χ3n) is 4.09. The number of ether oxygens (including phenoxy) is 1. The first-order chi connectivity index (χ1) is 9.13. The molecule has 1 fully saturated rings. The van der Waals surface area contributed by atoms with E-state index >= 15 is 0 Å². The van der Waals surface area contributed by atoms with E-state index < -0.39 is 12.1 Å². The second kappa shape index (κ2) is 7.72. The van der Waals surface area contributed by atoms with E-state index in [0.717, 1.165) is 25.7 Å². The summed E-state index contributed by atoms with van der Waals surface area (Å²) in [5.74, 6) is 0.983. The molecule has 0 unspecified atom stereocenters. The SMILES string of the molecule is COc1ccc(O)c([C@@H](N)[C@@H](O)C2CCCCC2)c1.Cl. The molecule has 1 aromatic rings. The number of aliphatic hydroxyl groups is 1. The number of hydrogen-bond donors (Lipinski definition) is 3. The Labute approximate surface area is 126 Å². The topological polar surface area (TPSA) is 75.7 Å². The molecule has 1 aliphatic carbocycles. The van der Waals surface area contributed by atoms with Crippen LogP contribution in [-0.4, -0.2) is 23.4 Å². The second-order valence-electron chi connectivity index (χ2n) is 5.34. The van der Waals surface area contributed by atoms with Gasteiger partial charge in [-0.25, -0.2) is 0 Å². The van der Waals surface area contributed by atoms with Crippen LogP contribution in [0.15, 0.2) is 18.2 Å². The van der Waals surface area contributed by atoms with Gasteiger partial charge in [0.1, 0.15) is 11.5 Å². The van der Waals surface area contributed by atoms with Gasteiger partial charge >= 0.3 is 0 Å². The number of aliphatic hydroxyl groups excluding tert-OH is 1. The van der Waals surface area contributed by atoms with Crippen molar-refractivity contribution in [2.45, 2.75) is 44.2 Å². The predicted molar refractivity (Wildman–Crippen MR) is 81.4 cm³/mol.